The van der Waals surface area contributed by atoms with Gasteiger partial charge in [0.05, 0.1) is 24.1 Å². The summed E-state index contributed by atoms with van der Waals surface area (Å²) in [5, 5.41) is 1.04. The molecule has 1 N–H and O–H groups in total. The van der Waals surface area contributed by atoms with Gasteiger partial charge in [-0.2, -0.15) is 12.7 Å². The van der Waals surface area contributed by atoms with Crippen molar-refractivity contribution in [2.75, 3.05) is 47.4 Å². The van der Waals surface area contributed by atoms with Crippen molar-refractivity contribution in [2.45, 2.75) is 82.2 Å². The fraction of sp³-hybridized carbons (Fsp3) is 0.568. The zero-order valence-electron chi connectivity index (χ0n) is 28.3. The summed E-state index contributed by atoms with van der Waals surface area (Å²) in [7, 11) is 0.541. The van der Waals surface area contributed by atoms with Crippen molar-refractivity contribution >= 4 is 32.9 Å². The normalized spacial score (nSPS) is 26.2. The van der Waals surface area contributed by atoms with Crippen LogP contribution in [0.2, 0.25) is 0 Å². The molecule has 4 heterocycles. The van der Waals surface area contributed by atoms with Crippen molar-refractivity contribution < 1.29 is 22.7 Å². The minimum atomic E-state index is -3.98. The van der Waals surface area contributed by atoms with Gasteiger partial charge in [0.2, 0.25) is 5.91 Å². The quantitative estimate of drug-likeness (QED) is 0.481. The van der Waals surface area contributed by atoms with Gasteiger partial charge in [0, 0.05) is 63.3 Å². The lowest BCUT2D eigenvalue weighted by molar-refractivity contribution is -0.139. The zero-order valence-corrected chi connectivity index (χ0v) is 29.2. The van der Waals surface area contributed by atoms with Gasteiger partial charge in [0.1, 0.15) is 5.75 Å². The van der Waals surface area contributed by atoms with Gasteiger partial charge in [-0.15, -0.1) is 0 Å². The monoisotopic (exact) mass is 673 g/mol. The Morgan fingerprint density at radius 3 is 2.56 bits per heavy atom. The van der Waals surface area contributed by atoms with E-state index in [2.05, 4.69) is 49.4 Å². The van der Waals surface area contributed by atoms with E-state index >= 15 is 0 Å². The van der Waals surface area contributed by atoms with Crippen LogP contribution in [0.15, 0.2) is 52.6 Å². The summed E-state index contributed by atoms with van der Waals surface area (Å²) in [6.45, 7) is 3.97. The first-order valence-electron chi connectivity index (χ1n) is 17.8. The molecule has 0 radical (unpaired) electrons. The second kappa shape index (κ2) is 12.2. The third kappa shape index (κ3) is 5.24. The lowest BCUT2D eigenvalue weighted by Gasteiger charge is -2.45. The molecule has 2 amide bonds. The number of benzene rings is 1. The third-order valence-electron chi connectivity index (χ3n) is 11.9. The molecule has 1 aromatic heterocycles. The second-order valence-electron chi connectivity index (χ2n) is 14.7. The molecule has 0 bridgehead atoms. The Bertz CT molecular complexity index is 1880. The number of hydrogen-bond acceptors (Lipinski definition) is 6. The molecule has 8 rings (SSSR count). The molecule has 256 valence electrons. The van der Waals surface area contributed by atoms with Crippen LogP contribution in [0.1, 0.15) is 80.9 Å². The van der Waals surface area contributed by atoms with Gasteiger partial charge in [-0.1, -0.05) is 43.9 Å². The third-order valence-corrected chi connectivity index (χ3v) is 13.3. The maximum Gasteiger partial charge on any atom is 0.303 e. The maximum atomic E-state index is 14.7. The number of aromatic nitrogens is 1. The highest BCUT2D eigenvalue weighted by atomic mass is 32.2. The number of carbonyl (C=O) groups excluding carboxylic acids is 2. The van der Waals surface area contributed by atoms with E-state index in [1.165, 1.54) is 51.8 Å². The van der Waals surface area contributed by atoms with Crippen LogP contribution in [0, 0.1) is 5.92 Å². The molecule has 1 saturated carbocycles. The van der Waals surface area contributed by atoms with Crippen LogP contribution in [-0.4, -0.2) is 92.3 Å². The number of nitrogens with one attached hydrogen (secondary N) is 1. The number of allylic oxidation sites excluding steroid dienone is 4. The molecular weight excluding hydrogens is 627 g/mol. The molecule has 11 heteroatoms. The van der Waals surface area contributed by atoms with Gasteiger partial charge in [-0.05, 0) is 79.0 Å². The van der Waals surface area contributed by atoms with Gasteiger partial charge in [0.15, 0.2) is 0 Å². The molecule has 3 atom stereocenters. The van der Waals surface area contributed by atoms with Gasteiger partial charge < -0.3 is 14.2 Å². The fourth-order valence-corrected chi connectivity index (χ4v) is 9.88. The van der Waals surface area contributed by atoms with E-state index in [-0.39, 0.29) is 17.7 Å². The van der Waals surface area contributed by atoms with Crippen LogP contribution in [0.4, 0.5) is 0 Å². The standard InChI is InChI=1S/C37H47N5O5S/c1-39(2)48(45,46)38-36(43)34-29-22-42-30(20-28-31(47-3)16-15-25(35(28)42)23-10-5-4-6-11-23)32-26(33(29)34)13-9-14-27(32)37(44)41-19-18-40-17-8-7-12-24(40)21-41/h9,13,15-16,20,23-24,27,32H,4-8,10-12,14,17-19,21-22H2,1-3H3,(H,38,43)/t24?,27-,32?/m1/s1. The summed E-state index contributed by atoms with van der Waals surface area (Å²) in [6, 6.07) is 6.96. The van der Waals surface area contributed by atoms with Crippen molar-refractivity contribution in [3.8, 4) is 5.75 Å². The molecule has 2 aromatic rings. The Hall–Kier alpha value is -3.41. The van der Waals surface area contributed by atoms with Gasteiger partial charge in [0.25, 0.3) is 5.91 Å². The zero-order chi connectivity index (χ0) is 33.3. The molecule has 6 aliphatic rings. The first-order chi connectivity index (χ1) is 23.2. The first-order valence-corrected chi connectivity index (χ1v) is 19.2. The summed E-state index contributed by atoms with van der Waals surface area (Å²) in [4.78, 5) is 33.0. The molecule has 48 heavy (non-hydrogen) atoms. The molecule has 10 nitrogen and oxygen atoms in total. The number of hydrogen-bond donors (Lipinski definition) is 1. The van der Waals surface area contributed by atoms with Crippen LogP contribution in [0.25, 0.3) is 10.9 Å². The predicted octanol–water partition coefficient (Wildman–Crippen LogP) is 4.60. The molecular formula is C37H47N5O5S. The molecule has 2 saturated heterocycles. The van der Waals surface area contributed by atoms with Crippen LogP contribution >= 0.6 is 0 Å². The molecule has 1 aromatic carbocycles. The van der Waals surface area contributed by atoms with E-state index in [4.69, 9.17) is 4.74 Å². The van der Waals surface area contributed by atoms with Gasteiger partial charge in [-0.25, -0.2) is 4.72 Å². The highest BCUT2D eigenvalue weighted by Gasteiger charge is 2.48. The summed E-state index contributed by atoms with van der Waals surface area (Å²) < 4.78 is 37.0. The molecule has 3 aliphatic heterocycles. The Morgan fingerprint density at radius 1 is 1.00 bits per heavy atom. The number of piperidine rings is 1. The lowest BCUT2D eigenvalue weighted by atomic mass is 9.75. The predicted molar refractivity (Wildman–Crippen MR) is 185 cm³/mol. The number of rotatable bonds is 6. The van der Waals surface area contributed by atoms with Crippen LogP contribution in [0.3, 0.4) is 0 Å². The summed E-state index contributed by atoms with van der Waals surface area (Å²) in [6.07, 6.45) is 14.3. The number of nitrogens with zero attached hydrogens (tertiary/aromatic N) is 4. The van der Waals surface area contributed by atoms with Crippen LogP contribution < -0.4 is 9.46 Å². The van der Waals surface area contributed by atoms with Gasteiger partial charge in [-0.3, -0.25) is 14.5 Å². The van der Waals surface area contributed by atoms with Gasteiger partial charge >= 0.3 is 10.2 Å². The SMILES string of the molecule is COc1ccc(C2CCCCC2)c2c1cc1n2CC2=C(C(=O)NS(=O)(=O)N(C)C)C2=C2C=CC[C@@H](C(=O)N3CCN4CCCCC4C3)C21. The number of fused-ring (bicyclic) bond motifs is 7. The number of piperazine rings is 1. The highest BCUT2D eigenvalue weighted by Crippen LogP contribution is 2.55. The van der Waals surface area contributed by atoms with E-state index in [1.54, 1.807) is 7.11 Å². The van der Waals surface area contributed by atoms with Crippen molar-refractivity contribution in [3.63, 3.8) is 0 Å². The topological polar surface area (TPSA) is 104 Å². The molecule has 0 spiro atoms. The second-order valence-corrected chi connectivity index (χ2v) is 16.6. The Labute approximate surface area is 283 Å². The lowest BCUT2D eigenvalue weighted by Crippen LogP contribution is -2.57. The van der Waals surface area contributed by atoms with Crippen LogP contribution in [-0.2, 0) is 26.3 Å². The molecule has 2 unspecified atom stereocenters. The smallest absolute Gasteiger partial charge is 0.303 e. The minimum absolute atomic E-state index is 0.175. The number of ether oxygens (including phenoxy) is 1. The summed E-state index contributed by atoms with van der Waals surface area (Å²) in [5.41, 5.74) is 6.54. The average molecular weight is 674 g/mol. The van der Waals surface area contributed by atoms with E-state index in [0.717, 1.165) is 88.8 Å². The summed E-state index contributed by atoms with van der Waals surface area (Å²) >= 11 is 0. The number of carbonyl (C=O) groups is 2. The average Bonchev–Trinajstić information content (AvgIpc) is 3.73. The van der Waals surface area contributed by atoms with E-state index in [9.17, 15) is 18.0 Å². The fourth-order valence-electron chi connectivity index (χ4n) is 9.36. The van der Waals surface area contributed by atoms with Crippen molar-refractivity contribution in [1.82, 2.24) is 23.4 Å². The first kappa shape index (κ1) is 31.8. The van der Waals surface area contributed by atoms with E-state index < -0.39 is 16.1 Å². The van der Waals surface area contributed by atoms with E-state index in [1.807, 2.05) is 0 Å². The Morgan fingerprint density at radius 2 is 1.79 bits per heavy atom. The molecule has 3 fully saturated rings. The largest absolute Gasteiger partial charge is 0.496 e. The highest BCUT2D eigenvalue weighted by molar-refractivity contribution is 7.87. The Kier molecular flexibility index (Phi) is 8.07. The number of amides is 2. The maximum absolute atomic E-state index is 14.7. The Balaban J connectivity index is 1.26. The van der Waals surface area contributed by atoms with Crippen molar-refractivity contribution in [2.24, 2.45) is 5.92 Å². The minimum Gasteiger partial charge on any atom is -0.496 e. The van der Waals surface area contributed by atoms with E-state index in [0.29, 0.717) is 30.5 Å². The number of methoxy groups -OCH3 is 1. The van der Waals surface area contributed by atoms with Crippen molar-refractivity contribution in [1.29, 1.82) is 0 Å². The van der Waals surface area contributed by atoms with Crippen LogP contribution in [0.5, 0.6) is 5.75 Å². The summed E-state index contributed by atoms with van der Waals surface area (Å²) in [5.74, 6) is 0.201. The molecule has 3 aliphatic carbocycles. The van der Waals surface area contributed by atoms with Crippen molar-refractivity contribution in [3.05, 3.63) is 63.9 Å².